The zero-order valence-electron chi connectivity index (χ0n) is 17.9. The fourth-order valence-electron chi connectivity index (χ4n) is 4.26. The molecule has 7 heteroatoms. The van der Waals surface area contributed by atoms with Crippen LogP contribution in [0.5, 0.6) is 11.5 Å². The van der Waals surface area contributed by atoms with Gasteiger partial charge < -0.3 is 24.4 Å². The molecule has 2 heterocycles. The highest BCUT2D eigenvalue weighted by molar-refractivity contribution is 6.02. The number of hydrogen-bond acceptors (Lipinski definition) is 6. The van der Waals surface area contributed by atoms with Gasteiger partial charge in [0.1, 0.15) is 24.3 Å². The molecule has 0 radical (unpaired) electrons. The summed E-state index contributed by atoms with van der Waals surface area (Å²) in [6.45, 7) is 5.09. The average Bonchev–Trinajstić information content (AvgIpc) is 3.65. The van der Waals surface area contributed by atoms with Crippen LogP contribution in [0.2, 0.25) is 0 Å². The summed E-state index contributed by atoms with van der Waals surface area (Å²) < 4.78 is 16.6. The van der Waals surface area contributed by atoms with E-state index in [1.807, 2.05) is 35.2 Å². The molecule has 3 aliphatic rings. The van der Waals surface area contributed by atoms with Gasteiger partial charge in [-0.1, -0.05) is 12.1 Å². The van der Waals surface area contributed by atoms with Gasteiger partial charge in [-0.2, -0.15) is 0 Å². The van der Waals surface area contributed by atoms with Crippen molar-refractivity contribution >= 4 is 11.6 Å². The van der Waals surface area contributed by atoms with Gasteiger partial charge in [-0.25, -0.2) is 0 Å². The predicted molar refractivity (Wildman–Crippen MR) is 118 cm³/mol. The monoisotopic (exact) mass is 423 g/mol. The largest absolute Gasteiger partial charge is 0.497 e. The summed E-state index contributed by atoms with van der Waals surface area (Å²) in [5, 5.41) is 3.56. The summed E-state index contributed by atoms with van der Waals surface area (Å²) in [6, 6.07) is 14.0. The number of morpholine rings is 1. The van der Waals surface area contributed by atoms with Crippen molar-refractivity contribution in [3.8, 4) is 11.5 Å². The number of fused-ring (bicyclic) bond motifs is 1. The Morgan fingerprint density at radius 1 is 1.06 bits per heavy atom. The number of carbonyl (C=O) groups is 1. The highest BCUT2D eigenvalue weighted by Crippen LogP contribution is 2.41. The van der Waals surface area contributed by atoms with E-state index in [-0.39, 0.29) is 18.1 Å². The van der Waals surface area contributed by atoms with Crippen molar-refractivity contribution in [3.05, 3.63) is 53.6 Å². The Balaban J connectivity index is 1.28. The maximum Gasteiger partial charge on any atom is 0.258 e. The van der Waals surface area contributed by atoms with E-state index in [0.29, 0.717) is 17.9 Å². The van der Waals surface area contributed by atoms with Gasteiger partial charge in [0.05, 0.1) is 25.9 Å². The van der Waals surface area contributed by atoms with Crippen molar-refractivity contribution in [2.75, 3.05) is 51.9 Å². The van der Waals surface area contributed by atoms with E-state index < -0.39 is 0 Å². The first kappa shape index (κ1) is 20.2. The number of methoxy groups -OCH3 is 1. The molecule has 7 nitrogen and oxygen atoms in total. The average molecular weight is 424 g/mol. The number of rotatable bonds is 7. The van der Waals surface area contributed by atoms with Crippen LogP contribution in [0.3, 0.4) is 0 Å². The fourth-order valence-corrected chi connectivity index (χ4v) is 4.26. The SMILES string of the molecule is COc1ccc2c(c1)C(=O)N(C1CC1)C(c1ccc(OCCN3CCOCC3)cc1)N2. The zero-order valence-corrected chi connectivity index (χ0v) is 17.9. The molecule has 1 atom stereocenters. The molecule has 5 rings (SSSR count). The topological polar surface area (TPSA) is 63.3 Å². The van der Waals surface area contributed by atoms with Gasteiger partial charge in [0, 0.05) is 31.4 Å². The lowest BCUT2D eigenvalue weighted by atomic mass is 10.0. The molecule has 0 spiro atoms. The molecule has 2 aliphatic heterocycles. The number of anilines is 1. The minimum Gasteiger partial charge on any atom is -0.497 e. The van der Waals surface area contributed by atoms with E-state index in [0.717, 1.165) is 62.7 Å². The summed E-state index contributed by atoms with van der Waals surface area (Å²) in [5.74, 6) is 1.61. The summed E-state index contributed by atoms with van der Waals surface area (Å²) in [4.78, 5) is 17.6. The first-order valence-electron chi connectivity index (χ1n) is 11.0. The summed E-state index contributed by atoms with van der Waals surface area (Å²) in [6.07, 6.45) is 1.92. The summed E-state index contributed by atoms with van der Waals surface area (Å²) in [5.41, 5.74) is 2.58. The van der Waals surface area contributed by atoms with Gasteiger partial charge in [0.15, 0.2) is 0 Å². The van der Waals surface area contributed by atoms with Crippen LogP contribution in [0.15, 0.2) is 42.5 Å². The Hall–Kier alpha value is -2.77. The molecule has 1 saturated carbocycles. The molecule has 1 unspecified atom stereocenters. The first-order chi connectivity index (χ1) is 15.2. The molecule has 1 N–H and O–H groups in total. The van der Waals surface area contributed by atoms with E-state index in [9.17, 15) is 4.79 Å². The van der Waals surface area contributed by atoms with Gasteiger partial charge in [0.25, 0.3) is 5.91 Å². The van der Waals surface area contributed by atoms with Crippen LogP contribution in [-0.4, -0.2) is 68.3 Å². The Bertz CT molecular complexity index is 923. The third-order valence-corrected chi connectivity index (χ3v) is 6.18. The van der Waals surface area contributed by atoms with Gasteiger partial charge in [-0.3, -0.25) is 9.69 Å². The number of amides is 1. The Labute approximate surface area is 182 Å². The minimum atomic E-state index is -0.178. The van der Waals surface area contributed by atoms with Gasteiger partial charge >= 0.3 is 0 Å². The first-order valence-corrected chi connectivity index (χ1v) is 11.0. The standard InChI is InChI=1S/C24H29N3O4/c1-29-20-8-9-22-21(16-20)24(28)27(18-4-5-18)23(25-22)17-2-6-19(7-3-17)31-15-12-26-10-13-30-14-11-26/h2-3,6-9,16,18,23,25H,4-5,10-15H2,1H3. The van der Waals surface area contributed by atoms with Crippen molar-refractivity contribution in [2.24, 2.45) is 0 Å². The van der Waals surface area contributed by atoms with E-state index in [2.05, 4.69) is 22.3 Å². The number of ether oxygens (including phenoxy) is 3. The van der Waals surface area contributed by atoms with Crippen LogP contribution < -0.4 is 14.8 Å². The van der Waals surface area contributed by atoms with Crippen LogP contribution in [0.25, 0.3) is 0 Å². The molecule has 2 aromatic carbocycles. The quantitative estimate of drug-likeness (QED) is 0.738. The molecular weight excluding hydrogens is 394 g/mol. The summed E-state index contributed by atoms with van der Waals surface area (Å²) in [7, 11) is 1.62. The van der Waals surface area contributed by atoms with E-state index in [4.69, 9.17) is 14.2 Å². The third kappa shape index (κ3) is 4.34. The predicted octanol–water partition coefficient (Wildman–Crippen LogP) is 3.14. The second kappa shape index (κ2) is 8.77. The van der Waals surface area contributed by atoms with Crippen molar-refractivity contribution in [1.82, 2.24) is 9.80 Å². The van der Waals surface area contributed by atoms with Crippen molar-refractivity contribution in [3.63, 3.8) is 0 Å². The molecular formula is C24H29N3O4. The van der Waals surface area contributed by atoms with Crippen molar-refractivity contribution in [1.29, 1.82) is 0 Å². The van der Waals surface area contributed by atoms with E-state index in [1.165, 1.54) is 0 Å². The minimum absolute atomic E-state index is 0.0611. The normalized spacial score (nSPS) is 21.4. The molecule has 2 fully saturated rings. The molecule has 1 amide bonds. The van der Waals surface area contributed by atoms with Crippen molar-refractivity contribution in [2.45, 2.75) is 25.0 Å². The Morgan fingerprint density at radius 2 is 1.81 bits per heavy atom. The number of nitrogens with one attached hydrogen (secondary N) is 1. The van der Waals surface area contributed by atoms with Crippen LogP contribution in [0, 0.1) is 0 Å². The third-order valence-electron chi connectivity index (χ3n) is 6.18. The van der Waals surface area contributed by atoms with Crippen LogP contribution >= 0.6 is 0 Å². The van der Waals surface area contributed by atoms with Gasteiger partial charge in [-0.05, 0) is 48.7 Å². The molecule has 1 aliphatic carbocycles. The van der Waals surface area contributed by atoms with Crippen molar-refractivity contribution < 1.29 is 19.0 Å². The molecule has 31 heavy (non-hydrogen) atoms. The molecule has 2 aromatic rings. The van der Waals surface area contributed by atoms with Crippen LogP contribution in [0.4, 0.5) is 5.69 Å². The highest BCUT2D eigenvalue weighted by atomic mass is 16.5. The zero-order chi connectivity index (χ0) is 21.2. The molecule has 0 aromatic heterocycles. The molecule has 164 valence electrons. The molecule has 1 saturated heterocycles. The van der Waals surface area contributed by atoms with E-state index in [1.54, 1.807) is 7.11 Å². The Kier molecular flexibility index (Phi) is 5.70. The van der Waals surface area contributed by atoms with Gasteiger partial charge in [0.2, 0.25) is 0 Å². The number of carbonyl (C=O) groups excluding carboxylic acids is 1. The maximum absolute atomic E-state index is 13.3. The second-order valence-corrected chi connectivity index (χ2v) is 8.27. The maximum atomic E-state index is 13.3. The smallest absolute Gasteiger partial charge is 0.258 e. The number of benzene rings is 2. The second-order valence-electron chi connectivity index (χ2n) is 8.27. The lowest BCUT2D eigenvalue weighted by Gasteiger charge is -2.38. The Morgan fingerprint density at radius 3 is 2.52 bits per heavy atom. The van der Waals surface area contributed by atoms with Crippen LogP contribution in [-0.2, 0) is 4.74 Å². The van der Waals surface area contributed by atoms with Gasteiger partial charge in [-0.15, -0.1) is 0 Å². The lowest BCUT2D eigenvalue weighted by Crippen LogP contribution is -2.44. The van der Waals surface area contributed by atoms with Crippen LogP contribution in [0.1, 0.15) is 34.9 Å². The highest BCUT2D eigenvalue weighted by Gasteiger charge is 2.42. The fraction of sp³-hybridized carbons (Fsp3) is 0.458. The van der Waals surface area contributed by atoms with E-state index >= 15 is 0 Å². The lowest BCUT2D eigenvalue weighted by molar-refractivity contribution is 0.0322. The summed E-state index contributed by atoms with van der Waals surface area (Å²) >= 11 is 0. The number of hydrogen-bond donors (Lipinski definition) is 1. The molecule has 0 bridgehead atoms. The number of nitrogens with zero attached hydrogens (tertiary/aromatic N) is 2.